The molecule has 0 saturated carbocycles. The van der Waals surface area contributed by atoms with E-state index in [2.05, 4.69) is 36.3 Å². The smallest absolute Gasteiger partial charge is 0.209 e. The Kier molecular flexibility index (Phi) is 4.42. The number of ether oxygens (including phenoxy) is 1. The molecular formula is C13H18N4OS. The average molecular weight is 278 g/mol. The van der Waals surface area contributed by atoms with E-state index >= 15 is 0 Å². The van der Waals surface area contributed by atoms with E-state index in [-0.39, 0.29) is 5.54 Å². The minimum absolute atomic E-state index is 0.105. The van der Waals surface area contributed by atoms with Crippen molar-refractivity contribution in [2.45, 2.75) is 31.5 Å². The van der Waals surface area contributed by atoms with E-state index < -0.39 is 0 Å². The maximum absolute atomic E-state index is 5.63. The lowest BCUT2D eigenvalue weighted by Crippen LogP contribution is -2.24. The number of tetrazole rings is 1. The maximum atomic E-state index is 5.63. The lowest BCUT2D eigenvalue weighted by molar-refractivity contribution is 0.320. The molecule has 0 amide bonds. The molecule has 0 radical (unpaired) electrons. The van der Waals surface area contributed by atoms with Gasteiger partial charge in [0.05, 0.1) is 12.1 Å². The second-order valence-electron chi connectivity index (χ2n) is 5.05. The SMILES string of the molecule is CC(C)(C)n1nnnc1SCCOc1ccccc1. The Hall–Kier alpha value is -1.56. The lowest BCUT2D eigenvalue weighted by Gasteiger charge is -2.19. The number of hydrogen-bond donors (Lipinski definition) is 0. The van der Waals surface area contributed by atoms with Gasteiger partial charge >= 0.3 is 0 Å². The van der Waals surface area contributed by atoms with E-state index in [0.717, 1.165) is 16.7 Å². The highest BCUT2D eigenvalue weighted by molar-refractivity contribution is 7.99. The zero-order chi connectivity index (χ0) is 13.7. The fourth-order valence-electron chi connectivity index (χ4n) is 1.50. The fourth-order valence-corrected chi connectivity index (χ4v) is 2.38. The highest BCUT2D eigenvalue weighted by atomic mass is 32.2. The largest absolute Gasteiger partial charge is 0.493 e. The van der Waals surface area contributed by atoms with Gasteiger partial charge in [-0.3, -0.25) is 0 Å². The second kappa shape index (κ2) is 6.06. The molecule has 1 aromatic heterocycles. The van der Waals surface area contributed by atoms with Gasteiger partial charge in [0.25, 0.3) is 0 Å². The molecular weight excluding hydrogens is 260 g/mol. The summed E-state index contributed by atoms with van der Waals surface area (Å²) < 4.78 is 7.46. The van der Waals surface area contributed by atoms with Crippen molar-refractivity contribution >= 4 is 11.8 Å². The number of aromatic nitrogens is 4. The molecule has 2 rings (SSSR count). The van der Waals surface area contributed by atoms with E-state index in [9.17, 15) is 0 Å². The molecule has 19 heavy (non-hydrogen) atoms. The number of thioether (sulfide) groups is 1. The van der Waals surface area contributed by atoms with E-state index in [4.69, 9.17) is 4.74 Å². The van der Waals surface area contributed by atoms with Crippen molar-refractivity contribution in [3.05, 3.63) is 30.3 Å². The molecule has 0 aliphatic rings. The minimum atomic E-state index is -0.105. The zero-order valence-electron chi connectivity index (χ0n) is 11.4. The van der Waals surface area contributed by atoms with Crippen LogP contribution >= 0.6 is 11.8 Å². The molecule has 0 aliphatic heterocycles. The van der Waals surface area contributed by atoms with Crippen LogP contribution in [0.5, 0.6) is 5.75 Å². The Labute approximate surface area is 117 Å². The van der Waals surface area contributed by atoms with Crippen LogP contribution in [0.15, 0.2) is 35.5 Å². The summed E-state index contributed by atoms with van der Waals surface area (Å²) in [6, 6.07) is 9.79. The zero-order valence-corrected chi connectivity index (χ0v) is 12.2. The van der Waals surface area contributed by atoms with Gasteiger partial charge in [0.2, 0.25) is 5.16 Å². The quantitative estimate of drug-likeness (QED) is 0.621. The van der Waals surface area contributed by atoms with Crippen LogP contribution < -0.4 is 4.74 Å². The van der Waals surface area contributed by atoms with Crippen molar-refractivity contribution in [2.75, 3.05) is 12.4 Å². The van der Waals surface area contributed by atoms with Crippen molar-refractivity contribution in [2.24, 2.45) is 0 Å². The van der Waals surface area contributed by atoms with Gasteiger partial charge < -0.3 is 4.74 Å². The third-order valence-electron chi connectivity index (χ3n) is 2.40. The Morgan fingerprint density at radius 3 is 2.63 bits per heavy atom. The minimum Gasteiger partial charge on any atom is -0.493 e. The lowest BCUT2D eigenvalue weighted by atomic mass is 10.1. The van der Waals surface area contributed by atoms with Crippen LogP contribution in [0, 0.1) is 0 Å². The topological polar surface area (TPSA) is 52.8 Å². The van der Waals surface area contributed by atoms with Gasteiger partial charge in [-0.2, -0.15) is 0 Å². The molecule has 0 aliphatic carbocycles. The number of para-hydroxylation sites is 1. The third kappa shape index (κ3) is 3.96. The fraction of sp³-hybridized carbons (Fsp3) is 0.462. The molecule has 0 atom stereocenters. The van der Waals surface area contributed by atoms with Gasteiger partial charge in [0.1, 0.15) is 5.75 Å². The highest BCUT2D eigenvalue weighted by Crippen LogP contribution is 2.21. The van der Waals surface area contributed by atoms with Crippen molar-refractivity contribution in [3.63, 3.8) is 0 Å². The van der Waals surface area contributed by atoms with E-state index in [1.54, 1.807) is 11.8 Å². The van der Waals surface area contributed by atoms with E-state index in [1.807, 2.05) is 35.0 Å². The summed E-state index contributed by atoms with van der Waals surface area (Å²) in [5.74, 6) is 1.70. The van der Waals surface area contributed by atoms with Crippen molar-refractivity contribution < 1.29 is 4.74 Å². The number of benzene rings is 1. The summed E-state index contributed by atoms with van der Waals surface area (Å²) in [6.45, 7) is 6.86. The third-order valence-corrected chi connectivity index (χ3v) is 3.29. The first-order valence-corrected chi connectivity index (χ1v) is 7.15. The van der Waals surface area contributed by atoms with Crippen LogP contribution in [-0.4, -0.2) is 32.6 Å². The van der Waals surface area contributed by atoms with E-state index in [0.29, 0.717) is 6.61 Å². The Bertz CT molecular complexity index is 507. The predicted octanol–water partition coefficient (Wildman–Crippen LogP) is 2.60. The molecule has 102 valence electrons. The number of rotatable bonds is 5. The molecule has 6 heteroatoms. The van der Waals surface area contributed by atoms with Crippen LogP contribution in [0.4, 0.5) is 0 Å². The van der Waals surface area contributed by atoms with Crippen LogP contribution in [0.2, 0.25) is 0 Å². The monoisotopic (exact) mass is 278 g/mol. The van der Waals surface area contributed by atoms with Gasteiger partial charge in [0.15, 0.2) is 0 Å². The van der Waals surface area contributed by atoms with Gasteiger partial charge in [-0.25, -0.2) is 4.68 Å². The summed E-state index contributed by atoms with van der Waals surface area (Å²) in [7, 11) is 0. The molecule has 1 heterocycles. The molecule has 0 saturated heterocycles. The summed E-state index contributed by atoms with van der Waals surface area (Å²) >= 11 is 1.60. The van der Waals surface area contributed by atoms with Crippen LogP contribution in [0.1, 0.15) is 20.8 Å². The van der Waals surface area contributed by atoms with Crippen molar-refractivity contribution in [3.8, 4) is 5.75 Å². The summed E-state index contributed by atoms with van der Waals surface area (Å²) in [5, 5.41) is 12.6. The van der Waals surface area contributed by atoms with Crippen LogP contribution in [-0.2, 0) is 5.54 Å². The molecule has 5 nitrogen and oxygen atoms in total. The van der Waals surface area contributed by atoms with Gasteiger partial charge in [-0.05, 0) is 43.3 Å². The Balaban J connectivity index is 1.82. The second-order valence-corrected chi connectivity index (χ2v) is 6.12. The molecule has 0 spiro atoms. The Morgan fingerprint density at radius 2 is 1.95 bits per heavy atom. The van der Waals surface area contributed by atoms with Crippen molar-refractivity contribution in [1.29, 1.82) is 0 Å². The summed E-state index contributed by atoms with van der Waals surface area (Å²) in [4.78, 5) is 0. The molecule has 0 fully saturated rings. The first-order chi connectivity index (χ1) is 9.07. The summed E-state index contributed by atoms with van der Waals surface area (Å²) in [5.41, 5.74) is -0.105. The number of hydrogen-bond acceptors (Lipinski definition) is 5. The van der Waals surface area contributed by atoms with Crippen molar-refractivity contribution in [1.82, 2.24) is 20.2 Å². The van der Waals surface area contributed by atoms with Gasteiger partial charge in [0, 0.05) is 5.75 Å². The molecule has 2 aromatic rings. The van der Waals surface area contributed by atoms with Gasteiger partial charge in [-0.15, -0.1) is 5.10 Å². The Morgan fingerprint density at radius 1 is 1.21 bits per heavy atom. The average Bonchev–Trinajstić information content (AvgIpc) is 2.84. The first-order valence-electron chi connectivity index (χ1n) is 6.17. The maximum Gasteiger partial charge on any atom is 0.209 e. The predicted molar refractivity (Wildman–Crippen MR) is 75.5 cm³/mol. The van der Waals surface area contributed by atoms with E-state index in [1.165, 1.54) is 0 Å². The summed E-state index contributed by atoms with van der Waals surface area (Å²) in [6.07, 6.45) is 0. The normalized spacial score (nSPS) is 11.5. The standard InChI is InChI=1S/C13H18N4OS/c1-13(2,3)17-12(14-15-16-17)19-10-9-18-11-7-5-4-6-8-11/h4-8H,9-10H2,1-3H3. The molecule has 0 unspecified atom stereocenters. The molecule has 0 bridgehead atoms. The number of nitrogens with zero attached hydrogens (tertiary/aromatic N) is 4. The molecule has 1 aromatic carbocycles. The first kappa shape index (κ1) is 13.9. The van der Waals surface area contributed by atoms with Crippen LogP contribution in [0.25, 0.3) is 0 Å². The van der Waals surface area contributed by atoms with Crippen LogP contribution in [0.3, 0.4) is 0 Å². The molecule has 0 N–H and O–H groups in total. The highest BCUT2D eigenvalue weighted by Gasteiger charge is 2.19. The van der Waals surface area contributed by atoms with Gasteiger partial charge in [-0.1, -0.05) is 30.0 Å².